The number of rotatable bonds is 15. The van der Waals surface area contributed by atoms with Crippen LogP contribution in [-0.2, 0) is 29.1 Å². The third-order valence-corrected chi connectivity index (χ3v) is 9.01. The number of alkyl carbamates (subject to hydrolysis) is 1. The quantitative estimate of drug-likeness (QED) is 0.0978. The number of benzene rings is 3. The maximum atomic E-state index is 16.3. The lowest BCUT2D eigenvalue weighted by atomic mass is 10.0. The van der Waals surface area contributed by atoms with Gasteiger partial charge in [-0.1, -0.05) is 72.3 Å². The zero-order valence-corrected chi connectivity index (χ0v) is 33.6. The first kappa shape index (κ1) is 41.4. The Kier molecular flexibility index (Phi) is 13.1. The van der Waals surface area contributed by atoms with Crippen molar-refractivity contribution in [2.75, 3.05) is 23.4 Å². The van der Waals surface area contributed by atoms with E-state index in [0.29, 0.717) is 30.0 Å². The predicted molar refractivity (Wildman–Crippen MR) is 220 cm³/mol. The summed E-state index contributed by atoms with van der Waals surface area (Å²) in [4.78, 5) is 36.9. The van der Waals surface area contributed by atoms with Gasteiger partial charge in [0.25, 0.3) is 0 Å². The molecule has 0 radical (unpaired) electrons. The molecule has 1 amide bonds. The van der Waals surface area contributed by atoms with Crippen LogP contribution in [0.2, 0.25) is 5.02 Å². The number of aromatic nitrogens is 3. The SMILES string of the molecule is CCOC(=O)c1ccn2c(N(Cc3ccccc3)Cc3ccccc3)c(-c3ccc(Cl)cc3F)c(NCc3cc(F)cnc3O[C@@H](C)CNC(=O)OC(C)(C)C)nc12. The molecule has 1 atom stereocenters. The molecule has 0 aliphatic rings. The molecule has 0 fully saturated rings. The van der Waals surface area contributed by atoms with Gasteiger partial charge in [-0.25, -0.2) is 28.3 Å². The first-order valence-electron chi connectivity index (χ1n) is 18.8. The third kappa shape index (κ3) is 10.4. The summed E-state index contributed by atoms with van der Waals surface area (Å²) in [5, 5.41) is 6.18. The van der Waals surface area contributed by atoms with E-state index < -0.39 is 35.4 Å². The standard InChI is InChI=1S/C44H45ClF2N6O5/c1-6-56-42(54)35-19-20-53-39(35)51-38(48-24-31-21-33(46)25-49-40(31)57-28(2)23-50-43(55)58-44(3,4)5)37(34-18-17-32(45)22-36(34)47)41(53)52(26-29-13-9-7-10-14-29)27-30-15-11-8-12-16-30/h7-22,25,28H,6,23-24,26-27H2,1-5H3,(H,48,51)(H,50,55)/t28-/m0/s1. The van der Waals surface area contributed by atoms with Crippen LogP contribution in [0.1, 0.15) is 61.7 Å². The van der Waals surface area contributed by atoms with Crippen molar-refractivity contribution in [2.45, 2.75) is 66.0 Å². The van der Waals surface area contributed by atoms with Crippen LogP contribution in [0.4, 0.5) is 25.2 Å². The molecule has 0 aliphatic carbocycles. The fourth-order valence-corrected chi connectivity index (χ4v) is 6.47. The Labute approximate surface area is 340 Å². The molecule has 3 aromatic carbocycles. The Morgan fingerprint density at radius 1 is 0.948 bits per heavy atom. The molecule has 302 valence electrons. The van der Waals surface area contributed by atoms with Crippen LogP contribution in [0.5, 0.6) is 5.88 Å². The molecule has 3 heterocycles. The van der Waals surface area contributed by atoms with E-state index in [4.69, 9.17) is 30.8 Å². The maximum absolute atomic E-state index is 16.3. The van der Waals surface area contributed by atoms with Crippen LogP contribution in [0.25, 0.3) is 16.8 Å². The van der Waals surface area contributed by atoms with E-state index in [2.05, 4.69) is 20.5 Å². The maximum Gasteiger partial charge on any atom is 0.407 e. The molecule has 0 spiro atoms. The summed E-state index contributed by atoms with van der Waals surface area (Å²) in [6.07, 6.45) is 1.53. The summed E-state index contributed by atoms with van der Waals surface area (Å²) in [7, 11) is 0. The topological polar surface area (TPSA) is 119 Å². The fraction of sp³-hybridized carbons (Fsp3) is 0.273. The van der Waals surface area contributed by atoms with Gasteiger partial charge in [-0.3, -0.25) is 4.40 Å². The highest BCUT2D eigenvalue weighted by molar-refractivity contribution is 6.30. The Balaban J connectivity index is 1.49. The molecule has 0 aliphatic heterocycles. The van der Waals surface area contributed by atoms with Crippen molar-refractivity contribution in [3.8, 4) is 17.0 Å². The zero-order valence-electron chi connectivity index (χ0n) is 32.9. The molecule has 14 heteroatoms. The smallest absolute Gasteiger partial charge is 0.407 e. The molecule has 0 unspecified atom stereocenters. The van der Waals surface area contributed by atoms with Crippen LogP contribution in [0, 0.1) is 11.6 Å². The van der Waals surface area contributed by atoms with Crippen LogP contribution in [0.15, 0.2) is 103 Å². The monoisotopic (exact) mass is 810 g/mol. The Morgan fingerprint density at radius 3 is 2.24 bits per heavy atom. The Hall–Kier alpha value is -6.21. The first-order chi connectivity index (χ1) is 27.8. The Bertz CT molecular complexity index is 2330. The second-order valence-corrected chi connectivity index (χ2v) is 15.0. The summed E-state index contributed by atoms with van der Waals surface area (Å²) in [6.45, 7) is 9.59. The van der Waals surface area contributed by atoms with Gasteiger partial charge >= 0.3 is 12.1 Å². The largest absolute Gasteiger partial charge is 0.473 e. The van der Waals surface area contributed by atoms with Crippen molar-refractivity contribution in [3.63, 3.8) is 0 Å². The number of halogens is 3. The lowest BCUT2D eigenvalue weighted by Crippen LogP contribution is -2.37. The average molecular weight is 811 g/mol. The number of esters is 1. The van der Waals surface area contributed by atoms with Crippen molar-refractivity contribution in [3.05, 3.63) is 142 Å². The Morgan fingerprint density at radius 2 is 1.62 bits per heavy atom. The zero-order chi connectivity index (χ0) is 41.4. The van der Waals surface area contributed by atoms with E-state index in [1.165, 1.54) is 12.1 Å². The number of anilines is 2. The molecular weight excluding hydrogens is 766 g/mol. The van der Waals surface area contributed by atoms with E-state index in [1.807, 2.05) is 60.7 Å². The normalized spacial score (nSPS) is 11.9. The number of carbonyl (C=O) groups excluding carboxylic acids is 2. The third-order valence-electron chi connectivity index (χ3n) is 8.78. The van der Waals surface area contributed by atoms with E-state index >= 15 is 4.39 Å². The van der Waals surface area contributed by atoms with E-state index in [9.17, 15) is 14.0 Å². The highest BCUT2D eigenvalue weighted by Gasteiger charge is 2.28. The van der Waals surface area contributed by atoms with Crippen LogP contribution < -0.4 is 20.3 Å². The number of fused-ring (bicyclic) bond motifs is 1. The number of hydrogen-bond donors (Lipinski definition) is 2. The molecule has 0 bridgehead atoms. The average Bonchev–Trinajstić information content (AvgIpc) is 3.60. The summed E-state index contributed by atoms with van der Waals surface area (Å²) in [5.74, 6) is -1.04. The van der Waals surface area contributed by atoms with E-state index in [1.54, 1.807) is 63.4 Å². The number of nitrogens with zero attached hydrogens (tertiary/aromatic N) is 4. The highest BCUT2D eigenvalue weighted by Crippen LogP contribution is 2.41. The minimum absolute atomic E-state index is 0.0753. The molecule has 58 heavy (non-hydrogen) atoms. The lowest BCUT2D eigenvalue weighted by Gasteiger charge is -2.30. The van der Waals surface area contributed by atoms with Crippen molar-refractivity contribution in [1.29, 1.82) is 0 Å². The summed E-state index contributed by atoms with van der Waals surface area (Å²) < 4.78 is 49.8. The van der Waals surface area contributed by atoms with Gasteiger partial charge in [0.15, 0.2) is 5.65 Å². The second kappa shape index (κ2) is 18.4. The molecule has 0 saturated heterocycles. The minimum Gasteiger partial charge on any atom is -0.473 e. The summed E-state index contributed by atoms with van der Waals surface area (Å²) in [6, 6.07) is 26.9. The highest BCUT2D eigenvalue weighted by atomic mass is 35.5. The number of amides is 1. The molecule has 6 aromatic rings. The first-order valence-corrected chi connectivity index (χ1v) is 19.2. The number of pyridine rings is 1. The fourth-order valence-electron chi connectivity index (χ4n) is 6.31. The molecule has 3 aromatic heterocycles. The second-order valence-electron chi connectivity index (χ2n) is 14.5. The van der Waals surface area contributed by atoms with Gasteiger partial charge in [0.2, 0.25) is 5.88 Å². The van der Waals surface area contributed by atoms with Gasteiger partial charge in [0, 0.05) is 42.0 Å². The summed E-state index contributed by atoms with van der Waals surface area (Å²) in [5.41, 5.74) is 2.52. The predicted octanol–water partition coefficient (Wildman–Crippen LogP) is 9.62. The number of ether oxygens (including phenoxy) is 3. The summed E-state index contributed by atoms with van der Waals surface area (Å²) >= 11 is 6.28. The van der Waals surface area contributed by atoms with Crippen molar-refractivity contribution < 1.29 is 32.6 Å². The minimum atomic E-state index is -0.686. The molecule has 11 nitrogen and oxygen atoms in total. The van der Waals surface area contributed by atoms with Gasteiger partial charge < -0.3 is 29.7 Å². The van der Waals surface area contributed by atoms with Crippen molar-refractivity contribution >= 4 is 40.9 Å². The molecular formula is C44H45ClF2N6O5. The van der Waals surface area contributed by atoms with E-state index in [0.717, 1.165) is 17.3 Å². The molecule has 0 saturated carbocycles. The van der Waals surface area contributed by atoms with Gasteiger partial charge in [-0.05, 0) is 76.1 Å². The lowest BCUT2D eigenvalue weighted by molar-refractivity contribution is 0.0500. The van der Waals surface area contributed by atoms with Crippen LogP contribution in [0.3, 0.4) is 0 Å². The van der Waals surface area contributed by atoms with Gasteiger partial charge in [0.1, 0.15) is 40.5 Å². The van der Waals surface area contributed by atoms with Gasteiger partial charge in [-0.15, -0.1) is 0 Å². The molecule has 2 N–H and O–H groups in total. The number of carbonyl (C=O) groups is 2. The number of hydrogen-bond acceptors (Lipinski definition) is 9. The van der Waals surface area contributed by atoms with Crippen molar-refractivity contribution in [2.24, 2.45) is 0 Å². The van der Waals surface area contributed by atoms with Gasteiger partial charge in [0.05, 0.1) is 24.9 Å². The van der Waals surface area contributed by atoms with Gasteiger partial charge in [-0.2, -0.15) is 0 Å². The number of nitrogens with one attached hydrogen (secondary N) is 2. The van der Waals surface area contributed by atoms with Crippen LogP contribution >= 0.6 is 11.6 Å². The van der Waals surface area contributed by atoms with Crippen LogP contribution in [-0.4, -0.2) is 51.3 Å². The van der Waals surface area contributed by atoms with E-state index in [-0.39, 0.29) is 53.2 Å². The van der Waals surface area contributed by atoms with Crippen molar-refractivity contribution in [1.82, 2.24) is 19.7 Å². The molecule has 6 rings (SSSR count).